The number of ether oxygens (including phenoxy) is 2. The molecule has 1 atom stereocenters. The van der Waals surface area contributed by atoms with E-state index < -0.39 is 31.9 Å². The topological polar surface area (TPSA) is 82.6 Å². The Morgan fingerprint density at radius 3 is 2.39 bits per heavy atom. The van der Waals surface area contributed by atoms with Gasteiger partial charge in [0.15, 0.2) is 8.32 Å². The van der Waals surface area contributed by atoms with Crippen LogP contribution >= 0.6 is 0 Å². The molecule has 2 rings (SSSR count). The third kappa shape index (κ3) is 6.36. The Hall–Kier alpha value is -2.26. The number of alkyl carbamates (subject to hydrolysis) is 1. The molecule has 0 spiro atoms. The van der Waals surface area contributed by atoms with Crippen LogP contribution in [0.1, 0.15) is 53.1 Å². The number of amides is 1. The third-order valence-corrected chi connectivity index (χ3v) is 9.84. The number of halogens is 1. The number of benzene rings is 1. The van der Waals surface area contributed by atoms with E-state index in [9.17, 15) is 4.79 Å². The van der Waals surface area contributed by atoms with Crippen LogP contribution in [-0.4, -0.2) is 43.7 Å². The normalized spacial score (nSPS) is 13.7. The summed E-state index contributed by atoms with van der Waals surface area (Å²) in [6, 6.07) is 2.03. The summed E-state index contributed by atoms with van der Waals surface area (Å²) in [5, 5.41) is 2.72. The van der Waals surface area contributed by atoms with Gasteiger partial charge in [-0.2, -0.15) is 0 Å². The van der Waals surface area contributed by atoms with Gasteiger partial charge in [0.1, 0.15) is 16.9 Å². The van der Waals surface area contributed by atoms with Crippen LogP contribution in [0.25, 0.3) is 11.0 Å². The van der Waals surface area contributed by atoms with Crippen molar-refractivity contribution in [1.82, 2.24) is 15.3 Å². The molecule has 172 valence electrons. The zero-order valence-corrected chi connectivity index (χ0v) is 20.9. The van der Waals surface area contributed by atoms with Gasteiger partial charge in [0.05, 0.1) is 31.5 Å². The fourth-order valence-corrected chi connectivity index (χ4v) is 3.66. The number of fused-ring (bicyclic) bond motifs is 1. The molecule has 0 aliphatic rings. The molecule has 2 aromatic rings. The Labute approximate surface area is 184 Å². The van der Waals surface area contributed by atoms with Gasteiger partial charge in [-0.15, -0.1) is 0 Å². The van der Waals surface area contributed by atoms with Crippen LogP contribution in [0, 0.1) is 5.82 Å². The molecule has 0 bridgehead atoms. The molecule has 1 heterocycles. The smallest absolute Gasteiger partial charge is 0.408 e. The predicted molar refractivity (Wildman–Crippen MR) is 121 cm³/mol. The number of nitrogens with one attached hydrogen (secondary N) is 1. The molecule has 0 fully saturated rings. The van der Waals surface area contributed by atoms with Crippen molar-refractivity contribution in [1.29, 1.82) is 0 Å². The lowest BCUT2D eigenvalue weighted by Crippen LogP contribution is -2.44. The second-order valence-corrected chi connectivity index (χ2v) is 14.8. The summed E-state index contributed by atoms with van der Waals surface area (Å²) in [5.74, 6) is -0.268. The lowest BCUT2D eigenvalue weighted by Gasteiger charge is -2.37. The maximum Gasteiger partial charge on any atom is 0.408 e. The number of hydrogen-bond donors (Lipinski definition) is 1. The van der Waals surface area contributed by atoms with E-state index in [4.69, 9.17) is 13.9 Å². The van der Waals surface area contributed by atoms with Gasteiger partial charge in [0.2, 0.25) is 5.88 Å². The SMILES string of the molecule is COc1cnc2ccc(F)c(C(CO[Si](C)(C)C(C)(C)C)NC(=O)OC(C)(C)C)c2n1. The summed E-state index contributed by atoms with van der Waals surface area (Å²) in [6.45, 7) is 15.9. The van der Waals surface area contributed by atoms with Gasteiger partial charge < -0.3 is 19.2 Å². The Kier molecular flexibility index (Phi) is 7.32. The molecule has 0 aliphatic carbocycles. The minimum absolute atomic E-state index is 0.0518. The first kappa shape index (κ1) is 25.0. The quantitative estimate of drug-likeness (QED) is 0.595. The van der Waals surface area contributed by atoms with E-state index >= 15 is 4.39 Å². The maximum atomic E-state index is 15.1. The first-order chi connectivity index (χ1) is 14.1. The number of rotatable bonds is 6. The second-order valence-electron chi connectivity index (χ2n) is 10.0. The van der Waals surface area contributed by atoms with Crippen molar-refractivity contribution in [2.24, 2.45) is 0 Å². The van der Waals surface area contributed by atoms with E-state index in [2.05, 4.69) is 49.1 Å². The number of carbonyl (C=O) groups excluding carboxylic acids is 1. The Balaban J connectivity index is 2.51. The summed E-state index contributed by atoms with van der Waals surface area (Å²) in [4.78, 5) is 21.3. The highest BCUT2D eigenvalue weighted by Gasteiger charge is 2.38. The number of aromatic nitrogens is 2. The molecule has 1 amide bonds. The minimum atomic E-state index is -2.18. The lowest BCUT2D eigenvalue weighted by atomic mass is 10.0. The summed E-state index contributed by atoms with van der Waals surface area (Å²) in [7, 11) is -0.712. The highest BCUT2D eigenvalue weighted by atomic mass is 28.4. The first-order valence-corrected chi connectivity index (χ1v) is 13.2. The average Bonchev–Trinajstić information content (AvgIpc) is 2.62. The van der Waals surface area contributed by atoms with Crippen LogP contribution in [0.3, 0.4) is 0 Å². The molecule has 1 aromatic heterocycles. The van der Waals surface area contributed by atoms with Crippen LogP contribution in [0.2, 0.25) is 18.1 Å². The van der Waals surface area contributed by atoms with E-state index in [1.807, 2.05) is 0 Å². The largest absolute Gasteiger partial charge is 0.480 e. The van der Waals surface area contributed by atoms with Crippen LogP contribution in [0.4, 0.5) is 9.18 Å². The van der Waals surface area contributed by atoms with E-state index in [0.29, 0.717) is 11.0 Å². The van der Waals surface area contributed by atoms with Gasteiger partial charge in [-0.1, -0.05) is 20.8 Å². The van der Waals surface area contributed by atoms with Crippen molar-refractivity contribution >= 4 is 25.4 Å². The van der Waals surface area contributed by atoms with Crippen LogP contribution in [0.15, 0.2) is 18.3 Å². The number of nitrogens with zero attached hydrogens (tertiary/aromatic N) is 2. The van der Waals surface area contributed by atoms with Gasteiger partial charge >= 0.3 is 6.09 Å². The van der Waals surface area contributed by atoms with E-state index in [1.54, 1.807) is 26.8 Å². The summed E-state index contributed by atoms with van der Waals surface area (Å²) >= 11 is 0. The highest BCUT2D eigenvalue weighted by Crippen LogP contribution is 2.37. The van der Waals surface area contributed by atoms with Gasteiger partial charge in [0.25, 0.3) is 0 Å². The second kappa shape index (κ2) is 9.08. The molecule has 31 heavy (non-hydrogen) atoms. The van der Waals surface area contributed by atoms with Crippen molar-refractivity contribution < 1.29 is 23.1 Å². The predicted octanol–water partition coefficient (Wildman–Crippen LogP) is 5.37. The maximum absolute atomic E-state index is 15.1. The molecule has 9 heteroatoms. The van der Waals surface area contributed by atoms with Crippen molar-refractivity contribution in [3.05, 3.63) is 29.7 Å². The molecule has 7 nitrogen and oxygen atoms in total. The van der Waals surface area contributed by atoms with E-state index in [1.165, 1.54) is 19.4 Å². The summed E-state index contributed by atoms with van der Waals surface area (Å²) in [6.07, 6.45) is 0.801. The summed E-state index contributed by atoms with van der Waals surface area (Å²) < 4.78 is 32.0. The number of carbonyl (C=O) groups is 1. The molecule has 1 unspecified atom stereocenters. The van der Waals surface area contributed by atoms with Gasteiger partial charge in [-0.05, 0) is 51.0 Å². The monoisotopic (exact) mass is 451 g/mol. The van der Waals surface area contributed by atoms with Gasteiger partial charge in [0, 0.05) is 5.56 Å². The van der Waals surface area contributed by atoms with Crippen molar-refractivity contribution in [3.8, 4) is 5.88 Å². The number of methoxy groups -OCH3 is 1. The highest BCUT2D eigenvalue weighted by molar-refractivity contribution is 6.74. The fourth-order valence-electron chi connectivity index (χ4n) is 2.64. The molecule has 1 N–H and O–H groups in total. The summed E-state index contributed by atoms with van der Waals surface area (Å²) in [5.41, 5.74) is 0.281. The van der Waals surface area contributed by atoms with E-state index in [0.717, 1.165) is 0 Å². The van der Waals surface area contributed by atoms with Crippen molar-refractivity contribution in [2.45, 2.75) is 71.3 Å². The molecule has 0 radical (unpaired) electrons. The zero-order valence-electron chi connectivity index (χ0n) is 19.9. The van der Waals surface area contributed by atoms with Crippen molar-refractivity contribution in [2.75, 3.05) is 13.7 Å². The van der Waals surface area contributed by atoms with Crippen molar-refractivity contribution in [3.63, 3.8) is 0 Å². The lowest BCUT2D eigenvalue weighted by molar-refractivity contribution is 0.0483. The van der Waals surface area contributed by atoms with Gasteiger partial charge in [-0.25, -0.2) is 19.2 Å². The first-order valence-electron chi connectivity index (χ1n) is 10.3. The Morgan fingerprint density at radius 2 is 1.84 bits per heavy atom. The van der Waals surface area contributed by atoms with Crippen LogP contribution in [0.5, 0.6) is 5.88 Å². The van der Waals surface area contributed by atoms with Crippen LogP contribution in [-0.2, 0) is 9.16 Å². The minimum Gasteiger partial charge on any atom is -0.480 e. The van der Waals surface area contributed by atoms with E-state index in [-0.39, 0.29) is 23.1 Å². The molecule has 1 aromatic carbocycles. The molecule has 0 saturated carbocycles. The Morgan fingerprint density at radius 1 is 1.19 bits per heavy atom. The zero-order chi connectivity index (χ0) is 23.6. The molecular formula is C22H34FN3O4Si. The standard InChI is InChI=1S/C22H34FN3O4Si/c1-21(2,3)30-20(27)25-16(13-29-31(8,9)22(4,5)6)18-14(23)10-11-15-19(18)26-17(28-7)12-24-15/h10-12,16H,13H2,1-9H3,(H,25,27). The van der Waals surface area contributed by atoms with Crippen LogP contribution < -0.4 is 10.1 Å². The third-order valence-electron chi connectivity index (χ3n) is 5.34. The fraction of sp³-hybridized carbons (Fsp3) is 0.591. The molecule has 0 saturated heterocycles. The molecular weight excluding hydrogens is 417 g/mol. The Bertz CT molecular complexity index is 939. The molecule has 0 aliphatic heterocycles. The average molecular weight is 452 g/mol. The van der Waals surface area contributed by atoms with Gasteiger partial charge in [-0.3, -0.25) is 0 Å². The number of hydrogen-bond acceptors (Lipinski definition) is 6.